The quantitative estimate of drug-likeness (QED) is 0.159. The predicted molar refractivity (Wildman–Crippen MR) is 227 cm³/mol. The van der Waals surface area contributed by atoms with Crippen LogP contribution in [0.1, 0.15) is 22.8 Å². The van der Waals surface area contributed by atoms with Crippen molar-refractivity contribution < 1.29 is 35.7 Å². The van der Waals surface area contributed by atoms with Crippen molar-refractivity contribution in [2.24, 2.45) is 0 Å². The molecule has 8 nitrogen and oxygen atoms in total. The summed E-state index contributed by atoms with van der Waals surface area (Å²) in [4.78, 5) is 18.4. The van der Waals surface area contributed by atoms with Gasteiger partial charge in [0, 0.05) is 61.1 Å². The zero-order chi connectivity index (χ0) is 38.2. The molecular formula is C48H38CoN4O4. The van der Waals surface area contributed by atoms with Crippen LogP contribution in [0.25, 0.3) is 90.9 Å². The molecule has 0 fully saturated rings. The number of hydrogen-bond donors (Lipinski definition) is 2. The first-order chi connectivity index (χ1) is 27.5. The van der Waals surface area contributed by atoms with Gasteiger partial charge in [0.1, 0.15) is 23.0 Å². The molecule has 9 rings (SSSR count). The van der Waals surface area contributed by atoms with Gasteiger partial charge in [-0.1, -0.05) is 48.5 Å². The molecule has 3 aromatic heterocycles. The average molecular weight is 794 g/mol. The van der Waals surface area contributed by atoms with Crippen LogP contribution in [-0.4, -0.2) is 48.4 Å². The van der Waals surface area contributed by atoms with Crippen molar-refractivity contribution in [1.82, 2.24) is 19.9 Å². The van der Waals surface area contributed by atoms with Gasteiger partial charge in [-0.25, -0.2) is 9.97 Å². The van der Waals surface area contributed by atoms with Gasteiger partial charge >= 0.3 is 0 Å². The molecule has 1 radical (unpaired) electrons. The van der Waals surface area contributed by atoms with E-state index in [-0.39, 0.29) is 16.8 Å². The summed E-state index contributed by atoms with van der Waals surface area (Å²) in [7, 11) is 6.71. The van der Waals surface area contributed by atoms with E-state index in [0.717, 1.165) is 112 Å². The molecule has 283 valence electrons. The molecule has 0 spiro atoms. The number of benzene rings is 4. The molecule has 8 bridgehead atoms. The first-order valence-electron chi connectivity index (χ1n) is 18.3. The van der Waals surface area contributed by atoms with Crippen molar-refractivity contribution in [3.8, 4) is 67.5 Å². The molecule has 57 heavy (non-hydrogen) atoms. The van der Waals surface area contributed by atoms with Crippen LogP contribution in [-0.2, 0) is 16.8 Å². The Balaban J connectivity index is 0.00000455. The van der Waals surface area contributed by atoms with Gasteiger partial charge in [0.2, 0.25) is 0 Å². The monoisotopic (exact) mass is 793 g/mol. The third-order valence-electron chi connectivity index (χ3n) is 10.3. The number of H-pyrrole nitrogens is 2. The molecule has 0 atom stereocenters. The Morgan fingerprint density at radius 3 is 0.719 bits per heavy atom. The number of rotatable bonds is 8. The Kier molecular flexibility index (Phi) is 10.3. The Hall–Kier alpha value is -6.81. The number of nitrogens with one attached hydrogen (secondary N) is 2. The molecule has 0 saturated heterocycles. The normalized spacial score (nSPS) is 11.6. The number of ether oxygens (including phenoxy) is 4. The van der Waals surface area contributed by atoms with Crippen molar-refractivity contribution in [3.63, 3.8) is 0 Å². The van der Waals surface area contributed by atoms with Gasteiger partial charge in [0.05, 0.1) is 51.2 Å². The molecular weight excluding hydrogens is 755 g/mol. The van der Waals surface area contributed by atoms with Gasteiger partial charge < -0.3 is 28.9 Å². The number of fused-ring (bicyclic) bond motifs is 8. The van der Waals surface area contributed by atoms with Gasteiger partial charge in [0.25, 0.3) is 0 Å². The maximum atomic E-state index is 5.53. The predicted octanol–water partition coefficient (Wildman–Crippen LogP) is 11.4. The first-order valence-corrected chi connectivity index (χ1v) is 18.3. The van der Waals surface area contributed by atoms with E-state index in [0.29, 0.717) is 0 Å². The zero-order valence-electron chi connectivity index (χ0n) is 31.7. The van der Waals surface area contributed by atoms with E-state index >= 15 is 0 Å². The summed E-state index contributed by atoms with van der Waals surface area (Å²) >= 11 is 0. The van der Waals surface area contributed by atoms with E-state index < -0.39 is 0 Å². The fourth-order valence-corrected chi connectivity index (χ4v) is 7.45. The third-order valence-corrected chi connectivity index (χ3v) is 10.3. The zero-order valence-corrected chi connectivity index (χ0v) is 32.8. The van der Waals surface area contributed by atoms with Crippen molar-refractivity contribution in [2.75, 3.05) is 28.4 Å². The Bertz CT molecular complexity index is 2440. The Morgan fingerprint density at radius 2 is 0.526 bits per heavy atom. The van der Waals surface area contributed by atoms with Gasteiger partial charge in [-0.05, 0) is 119 Å². The Morgan fingerprint density at radius 1 is 0.316 bits per heavy atom. The fraction of sp³-hybridized carbons (Fsp3) is 0.0833. The molecule has 5 heterocycles. The molecule has 2 aliphatic heterocycles. The van der Waals surface area contributed by atoms with Crippen LogP contribution in [0, 0.1) is 0 Å². The number of hydrogen-bond acceptors (Lipinski definition) is 6. The number of aromatic amines is 2. The second-order valence-electron chi connectivity index (χ2n) is 13.4. The summed E-state index contributed by atoms with van der Waals surface area (Å²) in [6, 6.07) is 40.9. The fourth-order valence-electron chi connectivity index (χ4n) is 7.45. The minimum atomic E-state index is 0. The van der Waals surface area contributed by atoms with E-state index in [1.54, 1.807) is 28.4 Å². The van der Waals surface area contributed by atoms with Crippen LogP contribution in [0.3, 0.4) is 0 Å². The van der Waals surface area contributed by atoms with Crippen LogP contribution in [0.5, 0.6) is 23.0 Å². The van der Waals surface area contributed by atoms with Crippen LogP contribution in [0.4, 0.5) is 0 Å². The summed E-state index contributed by atoms with van der Waals surface area (Å²) < 4.78 is 22.1. The van der Waals surface area contributed by atoms with E-state index in [4.69, 9.17) is 28.9 Å². The Labute approximate surface area is 340 Å². The summed E-state index contributed by atoms with van der Waals surface area (Å²) in [6.45, 7) is 0. The van der Waals surface area contributed by atoms with Gasteiger partial charge in [-0.3, -0.25) is 0 Å². The van der Waals surface area contributed by atoms with Gasteiger partial charge in [-0.2, -0.15) is 0 Å². The van der Waals surface area contributed by atoms with Crippen LogP contribution >= 0.6 is 0 Å². The second kappa shape index (κ2) is 15.7. The van der Waals surface area contributed by atoms with E-state index in [2.05, 4.69) is 107 Å². The third kappa shape index (κ3) is 6.99. The van der Waals surface area contributed by atoms with Crippen LogP contribution in [0.15, 0.2) is 121 Å². The average Bonchev–Trinajstić information content (AvgIpc) is 4.10. The maximum absolute atomic E-state index is 5.53. The first kappa shape index (κ1) is 37.1. The maximum Gasteiger partial charge on any atom is 0.118 e. The summed E-state index contributed by atoms with van der Waals surface area (Å²) in [5.74, 6) is 3.12. The van der Waals surface area contributed by atoms with E-state index in [1.807, 2.05) is 48.5 Å². The minimum absolute atomic E-state index is 0. The molecule has 9 heteroatoms. The topological polar surface area (TPSA) is 94.3 Å². The summed E-state index contributed by atoms with van der Waals surface area (Å²) in [5.41, 5.74) is 14.8. The summed E-state index contributed by atoms with van der Waals surface area (Å²) in [5, 5.41) is 0. The van der Waals surface area contributed by atoms with Gasteiger partial charge in [0.15, 0.2) is 0 Å². The van der Waals surface area contributed by atoms with Crippen molar-refractivity contribution in [2.45, 2.75) is 0 Å². The number of methoxy groups -OCH3 is 4. The molecule has 2 aliphatic rings. The molecule has 2 N–H and O–H groups in total. The summed E-state index contributed by atoms with van der Waals surface area (Å²) in [6.07, 6.45) is 8.37. The van der Waals surface area contributed by atoms with Crippen LogP contribution < -0.4 is 18.9 Å². The van der Waals surface area contributed by atoms with E-state index in [1.165, 1.54) is 0 Å². The number of nitrogens with zero attached hydrogens (tertiary/aromatic N) is 2. The largest absolute Gasteiger partial charge is 0.497 e. The smallest absolute Gasteiger partial charge is 0.118 e. The standard InChI is InChI=1S/C48H38N4O4.Co/c1-53-33-13-5-29(6-14-33)45-37-21-23-39(49-37)46(30-7-15-34(54-2)16-8-30)41-25-27-43(51-41)48(32-11-19-36(56-4)20-12-32)44-28-26-42(52-44)47(40-24-22-38(45)50-40)31-9-17-35(55-3)18-10-31;/h5-28,49,52H,1-4H3;. The molecule has 0 unspecified atom stereocenters. The minimum Gasteiger partial charge on any atom is -0.497 e. The molecule has 0 saturated carbocycles. The van der Waals surface area contributed by atoms with Crippen LogP contribution in [0.2, 0.25) is 0 Å². The molecule has 4 aromatic carbocycles. The van der Waals surface area contributed by atoms with Crippen molar-refractivity contribution >= 4 is 46.4 Å². The SMILES string of the molecule is COc1ccc(-c2c3nc(c(-c4ccc(OC)cc4)c4ccc([nH]4)c(-c4ccc(OC)cc4)c4nc(c(-c5ccc(OC)cc5)c5ccc2[nH]5)C=C4)C=C3)cc1.[Co]. The van der Waals surface area contributed by atoms with Crippen molar-refractivity contribution in [1.29, 1.82) is 0 Å². The van der Waals surface area contributed by atoms with Crippen molar-refractivity contribution in [3.05, 3.63) is 144 Å². The number of aromatic nitrogens is 4. The van der Waals surface area contributed by atoms with Gasteiger partial charge in [-0.15, -0.1) is 0 Å². The second-order valence-corrected chi connectivity index (χ2v) is 13.4. The molecule has 7 aromatic rings. The van der Waals surface area contributed by atoms with E-state index in [9.17, 15) is 0 Å². The molecule has 0 amide bonds. The molecule has 0 aliphatic carbocycles.